The Kier molecular flexibility index (Phi) is 9.01. The van der Waals surface area contributed by atoms with E-state index in [0.29, 0.717) is 6.42 Å². The lowest BCUT2D eigenvalue weighted by Crippen LogP contribution is -2.65. The van der Waals surface area contributed by atoms with E-state index in [9.17, 15) is 4.79 Å². The molecule has 3 aromatic rings. The lowest BCUT2D eigenvalue weighted by atomic mass is 10.1. The fraction of sp³-hybridized carbons (Fsp3) is 0.345. The third kappa shape index (κ3) is 6.05. The van der Waals surface area contributed by atoms with Crippen LogP contribution in [0, 0.1) is 0 Å². The molecule has 0 amide bonds. The van der Waals surface area contributed by atoms with Crippen molar-refractivity contribution in [3.05, 3.63) is 96.6 Å². The Morgan fingerprint density at radius 3 is 1.81 bits per heavy atom. The van der Waals surface area contributed by atoms with Crippen LogP contribution in [-0.2, 0) is 4.74 Å². The molecule has 0 heterocycles. The van der Waals surface area contributed by atoms with E-state index in [1.807, 2.05) is 30.3 Å². The van der Waals surface area contributed by atoms with Crippen molar-refractivity contribution in [1.82, 2.24) is 0 Å². The van der Waals surface area contributed by atoms with Crippen molar-refractivity contribution < 1.29 is 9.53 Å². The fourth-order valence-electron chi connectivity index (χ4n) is 4.51. The molecule has 2 atom stereocenters. The molecule has 3 aromatic carbocycles. The second-order valence-electron chi connectivity index (χ2n) is 8.86. The van der Waals surface area contributed by atoms with Crippen molar-refractivity contribution in [2.24, 2.45) is 0 Å². The van der Waals surface area contributed by atoms with Crippen molar-refractivity contribution in [3.8, 4) is 0 Å². The van der Waals surface area contributed by atoms with Gasteiger partial charge in [-0.3, -0.25) is 4.79 Å². The summed E-state index contributed by atoms with van der Waals surface area (Å²) < 4.78 is 6.80. The minimum absolute atomic E-state index is 0.109. The van der Waals surface area contributed by atoms with Gasteiger partial charge in [0.25, 0.3) is 0 Å². The van der Waals surface area contributed by atoms with Gasteiger partial charge in [-0.2, -0.15) is 0 Å². The van der Waals surface area contributed by atoms with Crippen LogP contribution in [0.25, 0.3) is 0 Å². The third-order valence-electron chi connectivity index (χ3n) is 6.43. The second kappa shape index (κ2) is 11.9. The Labute approximate surface area is 194 Å². The van der Waals surface area contributed by atoms with Crippen molar-refractivity contribution in [1.29, 1.82) is 0 Å². The van der Waals surface area contributed by atoms with Gasteiger partial charge in [-0.25, -0.2) is 0 Å². The molecule has 0 bridgehead atoms. The molecular weight excluding hydrogens is 408 g/mol. The summed E-state index contributed by atoms with van der Waals surface area (Å²) in [5.41, 5.74) is 0.869. The number of hydrogen-bond donors (Lipinski definition) is 0. The summed E-state index contributed by atoms with van der Waals surface area (Å²) in [6.45, 7) is 6.72. The molecule has 0 saturated carbocycles. The van der Waals surface area contributed by atoms with Gasteiger partial charge in [0.2, 0.25) is 0 Å². The standard InChI is InChI=1S/C29H36O2Si/c1-4-5-9-22-29(31-24(2)23-28(30)25-16-10-6-11-17-25)32(3,26-18-12-7-13-19-26)27-20-14-8-15-21-27/h6-8,10-21,24,29H,4-5,9,22-23H2,1-3H3/t24-,29+/m1/s1. The molecule has 0 N–H and O–H groups in total. The van der Waals surface area contributed by atoms with Crippen LogP contribution in [0.2, 0.25) is 6.55 Å². The van der Waals surface area contributed by atoms with Crippen LogP contribution in [0.4, 0.5) is 0 Å². The van der Waals surface area contributed by atoms with Gasteiger partial charge in [0.1, 0.15) is 8.07 Å². The molecular formula is C29H36O2Si. The first-order valence-corrected chi connectivity index (χ1v) is 14.5. The number of hydrogen-bond acceptors (Lipinski definition) is 2. The van der Waals surface area contributed by atoms with Gasteiger partial charge < -0.3 is 4.74 Å². The van der Waals surface area contributed by atoms with Gasteiger partial charge in [0.05, 0.1) is 11.8 Å². The highest BCUT2D eigenvalue weighted by Gasteiger charge is 2.41. The fourth-order valence-corrected chi connectivity index (χ4v) is 8.64. The SMILES string of the molecule is CCCCC[C@@H](O[C@H](C)CC(=O)c1ccccc1)[Si](C)(c1ccccc1)c1ccccc1. The van der Waals surface area contributed by atoms with E-state index < -0.39 is 8.07 Å². The Hall–Kier alpha value is -2.49. The normalized spacial score (nSPS) is 13.5. The quantitative estimate of drug-likeness (QED) is 0.193. The second-order valence-corrected chi connectivity index (χ2v) is 13.1. The van der Waals surface area contributed by atoms with E-state index in [1.54, 1.807) is 0 Å². The summed E-state index contributed by atoms with van der Waals surface area (Å²) in [5, 5.41) is 2.77. The zero-order valence-corrected chi connectivity index (χ0v) is 20.7. The summed E-state index contributed by atoms with van der Waals surface area (Å²) in [5.74, 6) is 0.146. The number of benzene rings is 3. The largest absolute Gasteiger partial charge is 0.377 e. The maximum absolute atomic E-state index is 12.8. The predicted molar refractivity (Wildman–Crippen MR) is 138 cm³/mol. The molecule has 0 saturated heterocycles. The number of Topliss-reactive ketones (excluding diaryl/α,β-unsaturated/α-hetero) is 1. The molecule has 168 valence electrons. The Morgan fingerprint density at radius 1 is 0.812 bits per heavy atom. The maximum atomic E-state index is 12.8. The van der Waals surface area contributed by atoms with Crippen LogP contribution in [0.15, 0.2) is 91.0 Å². The van der Waals surface area contributed by atoms with Crippen molar-refractivity contribution in [2.75, 3.05) is 0 Å². The molecule has 0 spiro atoms. The zero-order valence-electron chi connectivity index (χ0n) is 19.7. The van der Waals surface area contributed by atoms with E-state index in [1.165, 1.54) is 23.2 Å². The van der Waals surface area contributed by atoms with Crippen LogP contribution >= 0.6 is 0 Å². The first-order chi connectivity index (χ1) is 15.6. The Bertz CT molecular complexity index is 901. The van der Waals surface area contributed by atoms with Crippen LogP contribution in [0.5, 0.6) is 0 Å². The molecule has 0 aliphatic rings. The van der Waals surface area contributed by atoms with Crippen molar-refractivity contribution >= 4 is 24.2 Å². The average molecular weight is 445 g/mol. The van der Waals surface area contributed by atoms with Crippen molar-refractivity contribution in [2.45, 2.75) is 64.3 Å². The summed E-state index contributed by atoms with van der Waals surface area (Å²) >= 11 is 0. The first-order valence-electron chi connectivity index (χ1n) is 11.9. The van der Waals surface area contributed by atoms with Gasteiger partial charge in [-0.05, 0) is 13.3 Å². The monoisotopic (exact) mass is 444 g/mol. The van der Waals surface area contributed by atoms with E-state index in [4.69, 9.17) is 4.74 Å². The lowest BCUT2D eigenvalue weighted by molar-refractivity contribution is 0.0277. The highest BCUT2D eigenvalue weighted by molar-refractivity contribution is 7.02. The molecule has 0 aliphatic heterocycles. The van der Waals surface area contributed by atoms with Gasteiger partial charge >= 0.3 is 0 Å². The molecule has 0 unspecified atom stereocenters. The maximum Gasteiger partial charge on any atom is 0.165 e. The number of rotatable bonds is 12. The zero-order chi connectivity index (χ0) is 22.8. The highest BCUT2D eigenvalue weighted by atomic mass is 28.3. The first kappa shape index (κ1) is 24.2. The minimum atomic E-state index is -2.21. The van der Waals surface area contributed by atoms with Crippen LogP contribution in [0.1, 0.15) is 56.3 Å². The minimum Gasteiger partial charge on any atom is -0.377 e. The highest BCUT2D eigenvalue weighted by Crippen LogP contribution is 2.22. The van der Waals surface area contributed by atoms with E-state index in [2.05, 4.69) is 81.1 Å². The number of carbonyl (C=O) groups excluding carboxylic acids is 1. The molecule has 0 aliphatic carbocycles. The summed E-state index contributed by atoms with van der Waals surface area (Å²) in [6, 6.07) is 31.3. The topological polar surface area (TPSA) is 26.3 Å². The summed E-state index contributed by atoms with van der Waals surface area (Å²) in [4.78, 5) is 12.8. The number of unbranched alkanes of at least 4 members (excludes halogenated alkanes) is 2. The van der Waals surface area contributed by atoms with Gasteiger partial charge in [-0.1, -0.05) is 134 Å². The number of ether oxygens (including phenoxy) is 1. The number of carbonyl (C=O) groups is 1. The van der Waals surface area contributed by atoms with E-state index in [0.717, 1.165) is 18.4 Å². The lowest BCUT2D eigenvalue weighted by Gasteiger charge is -2.38. The predicted octanol–water partition coefficient (Wildman–Crippen LogP) is 6.05. The third-order valence-corrected chi connectivity index (χ3v) is 11.2. The molecule has 0 fully saturated rings. The summed E-state index contributed by atoms with van der Waals surface area (Å²) in [7, 11) is -2.21. The average Bonchev–Trinajstić information content (AvgIpc) is 2.84. The molecule has 0 aromatic heterocycles. The molecule has 2 nitrogen and oxygen atoms in total. The van der Waals surface area contributed by atoms with E-state index >= 15 is 0 Å². The van der Waals surface area contributed by atoms with Gasteiger partial charge in [0, 0.05) is 12.0 Å². The Balaban J connectivity index is 1.89. The van der Waals surface area contributed by atoms with Gasteiger partial charge in [0.15, 0.2) is 5.78 Å². The van der Waals surface area contributed by atoms with Crippen LogP contribution < -0.4 is 10.4 Å². The van der Waals surface area contributed by atoms with Crippen LogP contribution in [-0.4, -0.2) is 25.7 Å². The van der Waals surface area contributed by atoms with Crippen molar-refractivity contribution in [3.63, 3.8) is 0 Å². The number of ketones is 1. The molecule has 32 heavy (non-hydrogen) atoms. The smallest absolute Gasteiger partial charge is 0.165 e. The molecule has 0 radical (unpaired) electrons. The summed E-state index contributed by atoms with van der Waals surface area (Å²) in [6.07, 6.45) is 4.82. The van der Waals surface area contributed by atoms with E-state index in [-0.39, 0.29) is 17.6 Å². The Morgan fingerprint density at radius 2 is 1.31 bits per heavy atom. The van der Waals surface area contributed by atoms with Crippen LogP contribution in [0.3, 0.4) is 0 Å². The molecule has 3 rings (SSSR count). The molecule has 3 heteroatoms. The van der Waals surface area contributed by atoms with Gasteiger partial charge in [-0.15, -0.1) is 0 Å².